The van der Waals surface area contributed by atoms with Crippen LogP contribution in [0.15, 0.2) is 35.3 Å². The Morgan fingerprint density at radius 1 is 1.23 bits per heavy atom. The number of hydrogen-bond donors (Lipinski definition) is 3. The van der Waals surface area contributed by atoms with Crippen LogP contribution in [0.2, 0.25) is 0 Å². The molecule has 1 aliphatic heterocycles. The highest BCUT2D eigenvalue weighted by atomic mass is 127. The van der Waals surface area contributed by atoms with Crippen molar-refractivity contribution in [2.75, 3.05) is 39.3 Å². The number of benzene rings is 1. The molecule has 1 fully saturated rings. The van der Waals surface area contributed by atoms with Crippen LogP contribution in [0.4, 0.5) is 0 Å². The van der Waals surface area contributed by atoms with Gasteiger partial charge in [0.15, 0.2) is 5.96 Å². The lowest BCUT2D eigenvalue weighted by atomic mass is 10.0. The number of aliphatic hydroxyl groups excluding tert-OH is 1. The zero-order valence-electron chi connectivity index (χ0n) is 18.5. The van der Waals surface area contributed by atoms with Gasteiger partial charge in [-0.2, -0.15) is 0 Å². The molecule has 1 saturated heterocycles. The van der Waals surface area contributed by atoms with E-state index in [4.69, 9.17) is 4.99 Å². The van der Waals surface area contributed by atoms with E-state index in [0.29, 0.717) is 18.3 Å². The number of guanidine groups is 1. The smallest absolute Gasteiger partial charge is 0.223 e. The Hall–Kier alpha value is -1.35. The maximum Gasteiger partial charge on any atom is 0.223 e. The summed E-state index contributed by atoms with van der Waals surface area (Å²) in [6, 6.07) is 10.3. The maximum absolute atomic E-state index is 12.4. The van der Waals surface area contributed by atoms with Crippen molar-refractivity contribution in [2.24, 2.45) is 16.8 Å². The second kappa shape index (κ2) is 15.5. The molecule has 1 aliphatic rings. The molecule has 2 rings (SSSR count). The number of aliphatic imine (C=N–C) groups is 1. The van der Waals surface area contributed by atoms with Gasteiger partial charge in [0.05, 0.1) is 0 Å². The average molecular weight is 530 g/mol. The number of halogens is 1. The standard InChI is InChI=1S/C23H38N4O2.HI/c1-3-8-20(12-14-28)16-25-23(24-4-2)26-17-21-15-22(29)27(18-21)13-11-19-9-6-5-7-10-19;/h5-7,9-10,20-21,28H,3-4,8,11-18H2,1-2H3,(H2,24,25,26);1H. The van der Waals surface area contributed by atoms with E-state index < -0.39 is 0 Å². The molecule has 3 N–H and O–H groups in total. The van der Waals surface area contributed by atoms with Crippen molar-refractivity contribution in [3.63, 3.8) is 0 Å². The van der Waals surface area contributed by atoms with Gasteiger partial charge in [-0.3, -0.25) is 9.79 Å². The summed E-state index contributed by atoms with van der Waals surface area (Å²) in [5.41, 5.74) is 1.27. The lowest BCUT2D eigenvalue weighted by Crippen LogP contribution is -2.40. The summed E-state index contributed by atoms with van der Waals surface area (Å²) < 4.78 is 0. The van der Waals surface area contributed by atoms with E-state index in [2.05, 4.69) is 36.6 Å². The van der Waals surface area contributed by atoms with Gasteiger partial charge in [-0.05, 0) is 37.7 Å². The van der Waals surface area contributed by atoms with Crippen molar-refractivity contribution in [3.8, 4) is 0 Å². The fourth-order valence-corrected chi connectivity index (χ4v) is 3.84. The predicted octanol–water partition coefficient (Wildman–Crippen LogP) is 3.05. The van der Waals surface area contributed by atoms with Crippen LogP contribution in [0.1, 0.15) is 45.1 Å². The lowest BCUT2D eigenvalue weighted by Gasteiger charge is -2.18. The van der Waals surface area contributed by atoms with Crippen molar-refractivity contribution in [3.05, 3.63) is 35.9 Å². The van der Waals surface area contributed by atoms with Gasteiger partial charge in [0.25, 0.3) is 0 Å². The van der Waals surface area contributed by atoms with E-state index in [1.54, 1.807) is 0 Å². The van der Waals surface area contributed by atoms with Gasteiger partial charge in [-0.15, -0.1) is 24.0 Å². The molecular weight excluding hydrogens is 491 g/mol. The maximum atomic E-state index is 12.4. The molecule has 1 aromatic rings. The van der Waals surface area contributed by atoms with Crippen molar-refractivity contribution in [2.45, 2.75) is 46.0 Å². The average Bonchev–Trinajstić information content (AvgIpc) is 3.09. The van der Waals surface area contributed by atoms with Crippen LogP contribution in [0, 0.1) is 11.8 Å². The van der Waals surface area contributed by atoms with E-state index in [-0.39, 0.29) is 36.5 Å². The van der Waals surface area contributed by atoms with Crippen molar-refractivity contribution in [1.82, 2.24) is 15.5 Å². The molecule has 7 heteroatoms. The molecule has 6 nitrogen and oxygen atoms in total. The van der Waals surface area contributed by atoms with Crippen LogP contribution in [-0.4, -0.2) is 61.2 Å². The summed E-state index contributed by atoms with van der Waals surface area (Å²) in [5.74, 6) is 1.79. The molecule has 0 aliphatic carbocycles. The highest BCUT2D eigenvalue weighted by molar-refractivity contribution is 14.0. The van der Waals surface area contributed by atoms with Gasteiger partial charge in [-0.1, -0.05) is 43.7 Å². The van der Waals surface area contributed by atoms with Crippen LogP contribution in [0.3, 0.4) is 0 Å². The van der Waals surface area contributed by atoms with Crippen LogP contribution >= 0.6 is 24.0 Å². The van der Waals surface area contributed by atoms with Crippen molar-refractivity contribution >= 4 is 35.8 Å². The summed E-state index contributed by atoms with van der Waals surface area (Å²) in [7, 11) is 0. The summed E-state index contributed by atoms with van der Waals surface area (Å²) in [4.78, 5) is 19.1. The minimum absolute atomic E-state index is 0. The number of aliphatic hydroxyl groups is 1. The molecule has 0 aromatic heterocycles. The van der Waals surface area contributed by atoms with Crippen LogP contribution in [0.5, 0.6) is 0 Å². The number of nitrogens with zero attached hydrogens (tertiary/aromatic N) is 2. The van der Waals surface area contributed by atoms with Crippen LogP contribution in [0.25, 0.3) is 0 Å². The first kappa shape index (κ1) is 26.7. The SMILES string of the molecule is CCCC(CCO)CN=C(NCC)NCC1CC(=O)N(CCc2ccccc2)C1.I. The second-order valence-electron chi connectivity index (χ2n) is 7.91. The molecule has 0 spiro atoms. The number of rotatable bonds is 12. The number of carbonyl (C=O) groups is 1. The third-order valence-corrected chi connectivity index (χ3v) is 5.45. The Morgan fingerprint density at radius 3 is 2.67 bits per heavy atom. The summed E-state index contributed by atoms with van der Waals surface area (Å²) >= 11 is 0. The predicted molar refractivity (Wildman–Crippen MR) is 134 cm³/mol. The molecule has 1 heterocycles. The van der Waals surface area contributed by atoms with Gasteiger partial charge in [0, 0.05) is 51.7 Å². The fraction of sp³-hybridized carbons (Fsp3) is 0.652. The quantitative estimate of drug-likeness (QED) is 0.221. The first-order valence-electron chi connectivity index (χ1n) is 11.1. The molecule has 0 radical (unpaired) electrons. The molecule has 2 atom stereocenters. The largest absolute Gasteiger partial charge is 0.396 e. The fourth-order valence-electron chi connectivity index (χ4n) is 3.84. The first-order valence-corrected chi connectivity index (χ1v) is 11.1. The highest BCUT2D eigenvalue weighted by Gasteiger charge is 2.29. The third-order valence-electron chi connectivity index (χ3n) is 5.45. The monoisotopic (exact) mass is 530 g/mol. The molecule has 2 unspecified atom stereocenters. The topological polar surface area (TPSA) is 77.0 Å². The number of nitrogens with one attached hydrogen (secondary N) is 2. The molecule has 170 valence electrons. The second-order valence-corrected chi connectivity index (χ2v) is 7.91. The minimum atomic E-state index is 0. The van der Waals surface area contributed by atoms with Crippen molar-refractivity contribution in [1.29, 1.82) is 0 Å². The summed E-state index contributed by atoms with van der Waals surface area (Å²) in [6.45, 7) is 8.30. The van der Waals surface area contributed by atoms with E-state index in [9.17, 15) is 9.90 Å². The van der Waals surface area contributed by atoms with E-state index >= 15 is 0 Å². The molecule has 0 bridgehead atoms. The Labute approximate surface area is 198 Å². The molecule has 30 heavy (non-hydrogen) atoms. The Kier molecular flexibility index (Phi) is 13.7. The molecule has 1 aromatic carbocycles. The number of likely N-dealkylation sites (tertiary alicyclic amines) is 1. The number of carbonyl (C=O) groups excluding carboxylic acids is 1. The number of amides is 1. The van der Waals surface area contributed by atoms with Gasteiger partial charge in [0.1, 0.15) is 0 Å². The minimum Gasteiger partial charge on any atom is -0.396 e. The lowest BCUT2D eigenvalue weighted by molar-refractivity contribution is -0.127. The zero-order chi connectivity index (χ0) is 20.9. The van der Waals surface area contributed by atoms with Crippen LogP contribution < -0.4 is 10.6 Å². The Balaban J connectivity index is 0.00000450. The first-order chi connectivity index (χ1) is 14.2. The third kappa shape index (κ3) is 9.64. The van der Waals surface area contributed by atoms with Gasteiger partial charge in [-0.25, -0.2) is 0 Å². The van der Waals surface area contributed by atoms with E-state index in [1.165, 1.54) is 5.56 Å². The van der Waals surface area contributed by atoms with Gasteiger partial charge in [0.2, 0.25) is 5.91 Å². The molecule has 0 saturated carbocycles. The number of hydrogen-bond acceptors (Lipinski definition) is 3. The summed E-state index contributed by atoms with van der Waals surface area (Å²) in [5, 5.41) is 15.9. The van der Waals surface area contributed by atoms with Crippen LogP contribution in [-0.2, 0) is 11.2 Å². The van der Waals surface area contributed by atoms with Gasteiger partial charge >= 0.3 is 0 Å². The highest BCUT2D eigenvalue weighted by Crippen LogP contribution is 2.17. The Morgan fingerprint density at radius 2 is 2.00 bits per heavy atom. The molecular formula is C23H39IN4O2. The zero-order valence-corrected chi connectivity index (χ0v) is 20.8. The normalized spacial score (nSPS) is 17.6. The Bertz CT molecular complexity index is 621. The van der Waals surface area contributed by atoms with Gasteiger partial charge < -0.3 is 20.6 Å². The summed E-state index contributed by atoms with van der Waals surface area (Å²) in [6.07, 6.45) is 4.49. The molecule has 1 amide bonds. The van der Waals surface area contributed by atoms with Crippen molar-refractivity contribution < 1.29 is 9.90 Å². The van der Waals surface area contributed by atoms with E-state index in [0.717, 1.165) is 64.4 Å². The van der Waals surface area contributed by atoms with E-state index in [1.807, 2.05) is 23.1 Å².